The van der Waals surface area contributed by atoms with Gasteiger partial charge in [0.15, 0.2) is 0 Å². The van der Waals surface area contributed by atoms with Crippen LogP contribution >= 0.6 is 0 Å². The first-order valence-corrected chi connectivity index (χ1v) is 12.6. The molecule has 1 aliphatic rings. The number of nitrogens with zero attached hydrogens (tertiary/aromatic N) is 2. The van der Waals surface area contributed by atoms with E-state index in [1.165, 1.54) is 29.5 Å². The van der Waals surface area contributed by atoms with E-state index in [4.69, 9.17) is 19.4 Å². The van der Waals surface area contributed by atoms with Crippen LogP contribution in [0.25, 0.3) is 11.3 Å². The molecule has 0 saturated carbocycles. The highest BCUT2D eigenvalue weighted by Gasteiger charge is 2.22. The third-order valence-corrected chi connectivity index (χ3v) is 6.75. The molecule has 5 heteroatoms. The van der Waals surface area contributed by atoms with Gasteiger partial charge < -0.3 is 14.8 Å². The van der Waals surface area contributed by atoms with E-state index in [9.17, 15) is 0 Å². The van der Waals surface area contributed by atoms with Gasteiger partial charge in [-0.3, -0.25) is 0 Å². The van der Waals surface area contributed by atoms with E-state index < -0.39 is 0 Å². The monoisotopic (exact) mass is 459 g/mol. The number of aromatic nitrogens is 2. The number of methoxy groups -OCH3 is 2. The summed E-state index contributed by atoms with van der Waals surface area (Å²) in [6, 6.07) is 15.1. The Morgan fingerprint density at radius 1 is 0.912 bits per heavy atom. The highest BCUT2D eigenvalue weighted by molar-refractivity contribution is 5.72. The summed E-state index contributed by atoms with van der Waals surface area (Å²) in [6.45, 7) is 4.96. The van der Waals surface area contributed by atoms with E-state index in [2.05, 4.69) is 55.6 Å². The Kier molecular flexibility index (Phi) is 8.17. The quantitative estimate of drug-likeness (QED) is 0.383. The second-order valence-corrected chi connectivity index (χ2v) is 8.94. The van der Waals surface area contributed by atoms with Crippen LogP contribution < -0.4 is 10.1 Å². The summed E-state index contributed by atoms with van der Waals surface area (Å²) in [7, 11) is 3.50. The molecule has 1 aliphatic carbocycles. The number of hydrogen-bond acceptors (Lipinski definition) is 5. The molecule has 1 atom stereocenters. The normalized spacial score (nSPS) is 13.9. The summed E-state index contributed by atoms with van der Waals surface area (Å²) in [5, 5.41) is 3.70. The number of hydrogen-bond donors (Lipinski definition) is 1. The zero-order chi connectivity index (χ0) is 23.9. The van der Waals surface area contributed by atoms with E-state index in [1.54, 1.807) is 14.2 Å². The molecular weight excluding hydrogens is 422 g/mol. The molecule has 0 amide bonds. The highest BCUT2D eigenvalue weighted by atomic mass is 16.5. The number of rotatable bonds is 10. The first-order chi connectivity index (χ1) is 16.7. The molecule has 3 aromatic rings. The molecule has 0 aliphatic heterocycles. The Hall–Kier alpha value is -2.92. The molecule has 0 radical (unpaired) electrons. The highest BCUT2D eigenvalue weighted by Crippen LogP contribution is 2.37. The summed E-state index contributed by atoms with van der Waals surface area (Å²) in [6.07, 6.45) is 7.20. The molecule has 1 aromatic heterocycles. The number of benzene rings is 2. The van der Waals surface area contributed by atoms with Gasteiger partial charge >= 0.3 is 0 Å². The van der Waals surface area contributed by atoms with Crippen LogP contribution in [0.15, 0.2) is 42.5 Å². The number of aryl methyl sites for hydroxylation is 4. The van der Waals surface area contributed by atoms with Crippen LogP contribution in [0.5, 0.6) is 5.75 Å². The number of fused-ring (bicyclic) bond motifs is 1. The lowest BCUT2D eigenvalue weighted by atomic mass is 9.89. The van der Waals surface area contributed by atoms with Crippen LogP contribution in [0.4, 0.5) is 5.82 Å². The van der Waals surface area contributed by atoms with E-state index in [1.807, 2.05) is 6.07 Å². The smallest absolute Gasteiger partial charge is 0.148 e. The van der Waals surface area contributed by atoms with Crippen LogP contribution in [-0.4, -0.2) is 30.8 Å². The van der Waals surface area contributed by atoms with Crippen molar-refractivity contribution in [1.29, 1.82) is 0 Å². The SMILES string of the molecule is CCc1nc(-c2cc3c(cc2OC)CCCC3)c(CC)nc1NC(CCOC)c1ccccc1. The molecule has 0 saturated heterocycles. The molecule has 1 N–H and O–H groups in total. The minimum absolute atomic E-state index is 0.106. The molecule has 2 aromatic carbocycles. The van der Waals surface area contributed by atoms with Gasteiger partial charge in [-0.2, -0.15) is 0 Å². The van der Waals surface area contributed by atoms with Crippen LogP contribution in [0.2, 0.25) is 0 Å². The van der Waals surface area contributed by atoms with E-state index >= 15 is 0 Å². The lowest BCUT2D eigenvalue weighted by Crippen LogP contribution is -2.17. The summed E-state index contributed by atoms with van der Waals surface area (Å²) in [5.41, 5.74) is 8.04. The molecule has 1 unspecified atom stereocenters. The molecule has 34 heavy (non-hydrogen) atoms. The van der Waals surface area contributed by atoms with E-state index in [0.29, 0.717) is 6.61 Å². The Bertz CT molecular complexity index is 1100. The van der Waals surface area contributed by atoms with Crippen LogP contribution in [0.1, 0.15) is 67.2 Å². The Morgan fingerprint density at radius 3 is 2.26 bits per heavy atom. The topological polar surface area (TPSA) is 56.3 Å². The molecular formula is C29H37N3O2. The summed E-state index contributed by atoms with van der Waals surface area (Å²) in [4.78, 5) is 10.3. The first kappa shape index (κ1) is 24.2. The average Bonchev–Trinajstić information content (AvgIpc) is 2.90. The van der Waals surface area contributed by atoms with Crippen molar-refractivity contribution in [3.63, 3.8) is 0 Å². The maximum Gasteiger partial charge on any atom is 0.148 e. The molecule has 1 heterocycles. The summed E-state index contributed by atoms with van der Waals surface area (Å²) in [5.74, 6) is 1.76. The number of nitrogens with one attached hydrogen (secondary N) is 1. The Balaban J connectivity index is 1.75. The lowest BCUT2D eigenvalue weighted by Gasteiger charge is -2.23. The zero-order valence-corrected chi connectivity index (χ0v) is 21.0. The third-order valence-electron chi connectivity index (χ3n) is 6.75. The fourth-order valence-corrected chi connectivity index (χ4v) is 4.85. The Morgan fingerprint density at radius 2 is 1.62 bits per heavy atom. The zero-order valence-electron chi connectivity index (χ0n) is 21.0. The van der Waals surface area contributed by atoms with Gasteiger partial charge in [0.25, 0.3) is 0 Å². The van der Waals surface area contributed by atoms with Gasteiger partial charge in [-0.25, -0.2) is 9.97 Å². The van der Waals surface area contributed by atoms with Crippen molar-refractivity contribution in [3.8, 4) is 17.0 Å². The largest absolute Gasteiger partial charge is 0.496 e. The fourth-order valence-electron chi connectivity index (χ4n) is 4.85. The molecule has 180 valence electrons. The minimum atomic E-state index is 0.106. The van der Waals surface area contributed by atoms with Crippen molar-refractivity contribution < 1.29 is 9.47 Å². The molecule has 0 spiro atoms. The van der Waals surface area contributed by atoms with E-state index in [0.717, 1.165) is 66.3 Å². The molecule has 0 bridgehead atoms. The van der Waals surface area contributed by atoms with Crippen molar-refractivity contribution in [2.24, 2.45) is 0 Å². The Labute approximate surface area is 204 Å². The van der Waals surface area contributed by atoms with Crippen molar-refractivity contribution in [3.05, 3.63) is 70.5 Å². The molecule has 4 rings (SSSR count). The van der Waals surface area contributed by atoms with Crippen molar-refractivity contribution in [2.75, 3.05) is 26.1 Å². The average molecular weight is 460 g/mol. The van der Waals surface area contributed by atoms with Crippen LogP contribution in [0, 0.1) is 0 Å². The van der Waals surface area contributed by atoms with Gasteiger partial charge in [-0.1, -0.05) is 44.2 Å². The minimum Gasteiger partial charge on any atom is -0.496 e. The fraction of sp³-hybridized carbons (Fsp3) is 0.448. The van der Waals surface area contributed by atoms with Gasteiger partial charge in [0.05, 0.1) is 30.2 Å². The van der Waals surface area contributed by atoms with Crippen molar-refractivity contribution in [2.45, 2.75) is 64.8 Å². The maximum atomic E-state index is 5.84. The van der Waals surface area contributed by atoms with E-state index in [-0.39, 0.29) is 6.04 Å². The third kappa shape index (κ3) is 5.25. The number of anilines is 1. The second-order valence-electron chi connectivity index (χ2n) is 8.94. The summed E-state index contributed by atoms with van der Waals surface area (Å²) < 4.78 is 11.2. The van der Waals surface area contributed by atoms with Crippen molar-refractivity contribution >= 4 is 5.82 Å². The maximum absolute atomic E-state index is 5.84. The van der Waals surface area contributed by atoms with Crippen molar-refractivity contribution in [1.82, 2.24) is 9.97 Å². The van der Waals surface area contributed by atoms with Gasteiger partial charge in [-0.15, -0.1) is 0 Å². The van der Waals surface area contributed by atoms with Gasteiger partial charge in [-0.05, 0) is 73.8 Å². The van der Waals surface area contributed by atoms with Gasteiger partial charge in [0.2, 0.25) is 0 Å². The molecule has 5 nitrogen and oxygen atoms in total. The van der Waals surface area contributed by atoms with Crippen LogP contribution in [-0.2, 0) is 30.4 Å². The first-order valence-electron chi connectivity index (χ1n) is 12.6. The van der Waals surface area contributed by atoms with Crippen LogP contribution in [0.3, 0.4) is 0 Å². The lowest BCUT2D eigenvalue weighted by molar-refractivity contribution is 0.190. The van der Waals surface area contributed by atoms with Gasteiger partial charge in [0, 0.05) is 19.3 Å². The van der Waals surface area contributed by atoms with Gasteiger partial charge in [0.1, 0.15) is 11.6 Å². The predicted octanol–water partition coefficient (Wildman–Crippen LogP) is 6.35. The standard InChI is InChI=1S/C29H37N3O2/c1-5-24-28(23-18-21-14-10-11-15-22(21)19-27(23)34-4)30-25(6-2)29(31-24)32-26(16-17-33-3)20-12-8-7-9-13-20/h7-9,12-13,18-19,26H,5-6,10-11,14-17H2,1-4H3,(H,31,32). The molecule has 0 fully saturated rings. The number of ether oxygens (including phenoxy) is 2. The second kappa shape index (κ2) is 11.5. The predicted molar refractivity (Wildman–Crippen MR) is 139 cm³/mol. The summed E-state index contributed by atoms with van der Waals surface area (Å²) >= 11 is 0.